The molecule has 1 saturated carbocycles. The van der Waals surface area contributed by atoms with E-state index in [9.17, 15) is 4.39 Å². The fourth-order valence-electron chi connectivity index (χ4n) is 3.99. The van der Waals surface area contributed by atoms with Gasteiger partial charge in [-0.2, -0.15) is 0 Å². The predicted molar refractivity (Wildman–Crippen MR) is 134 cm³/mol. The van der Waals surface area contributed by atoms with E-state index in [4.69, 9.17) is 19.1 Å². The Kier molecular flexibility index (Phi) is 5.98. The summed E-state index contributed by atoms with van der Waals surface area (Å²) in [5.74, 6) is 2.58. The molecule has 180 valence electrons. The summed E-state index contributed by atoms with van der Waals surface area (Å²) in [4.78, 5) is 12.1. The van der Waals surface area contributed by atoms with Crippen LogP contribution in [-0.2, 0) is 16.4 Å². The van der Waals surface area contributed by atoms with Gasteiger partial charge in [-0.1, -0.05) is 34.6 Å². The number of hydrogen-bond acceptors (Lipinski definition) is 6. The molecule has 1 aliphatic carbocycles. The van der Waals surface area contributed by atoms with Crippen LogP contribution in [0, 0.1) is 5.82 Å². The number of ether oxygens (including phenoxy) is 1. The molecule has 2 heterocycles. The van der Waals surface area contributed by atoms with Gasteiger partial charge in [0.25, 0.3) is 0 Å². The zero-order chi connectivity index (χ0) is 24.2. The van der Waals surface area contributed by atoms with E-state index in [1.807, 2.05) is 0 Å². The lowest BCUT2D eigenvalue weighted by molar-refractivity contribution is 0.267. The second kappa shape index (κ2) is 8.23. The molecule has 0 radical (unpaired) electrons. The number of aromatic nitrogens is 2. The Labute approximate surface area is 198 Å². The molecule has 0 bridgehead atoms. The Morgan fingerprint density at radius 2 is 1.91 bits per heavy atom. The minimum absolute atomic E-state index is 0.105. The maximum atomic E-state index is 13.9. The fourth-order valence-corrected chi connectivity index (χ4v) is 4.91. The van der Waals surface area contributed by atoms with Crippen LogP contribution >= 0.6 is 0 Å². The molecule has 0 saturated heterocycles. The first-order valence-corrected chi connectivity index (χ1v) is 14.7. The van der Waals surface area contributed by atoms with Crippen molar-refractivity contribution in [1.82, 2.24) is 9.97 Å². The molecule has 1 aromatic heterocycles. The van der Waals surface area contributed by atoms with E-state index in [2.05, 4.69) is 57.9 Å². The largest absolute Gasteiger partial charge is 0.494 e. The molecule has 2 aliphatic rings. The molecule has 1 aromatic carbocycles. The summed E-state index contributed by atoms with van der Waals surface area (Å²) in [5, 5.41) is 3.74. The van der Waals surface area contributed by atoms with Gasteiger partial charge in [-0.05, 0) is 43.1 Å². The zero-order valence-electron chi connectivity index (χ0n) is 21.2. The van der Waals surface area contributed by atoms with Crippen LogP contribution in [0.5, 0.6) is 5.75 Å². The molecule has 0 atom stereocenters. The van der Waals surface area contributed by atoms with E-state index in [-0.39, 0.29) is 16.3 Å². The SMILES string of the molecule is COc1cc(F)ccc1N1CC(C)(C)c2c(NC3CC3)nc(CO[Si](C)(C)C(C)(C)C)nc21. The predicted octanol–water partition coefficient (Wildman–Crippen LogP) is 6.15. The highest BCUT2D eigenvalue weighted by Gasteiger charge is 2.43. The Morgan fingerprint density at radius 3 is 2.52 bits per heavy atom. The molecule has 2 aromatic rings. The van der Waals surface area contributed by atoms with E-state index in [0.29, 0.717) is 30.8 Å². The average molecular weight is 473 g/mol. The highest BCUT2D eigenvalue weighted by molar-refractivity contribution is 6.74. The first-order valence-electron chi connectivity index (χ1n) is 11.8. The monoisotopic (exact) mass is 472 g/mol. The number of nitrogens with one attached hydrogen (secondary N) is 1. The maximum absolute atomic E-state index is 13.9. The molecule has 1 aliphatic heterocycles. The van der Waals surface area contributed by atoms with Gasteiger partial charge < -0.3 is 19.4 Å². The summed E-state index contributed by atoms with van der Waals surface area (Å²) in [5.41, 5.74) is 1.71. The van der Waals surface area contributed by atoms with Crippen LogP contribution in [0.4, 0.5) is 21.7 Å². The molecular formula is C25H37FN4O2Si. The van der Waals surface area contributed by atoms with Gasteiger partial charge in [0.1, 0.15) is 23.2 Å². The lowest BCUT2D eigenvalue weighted by Crippen LogP contribution is -2.40. The Balaban J connectivity index is 1.78. The van der Waals surface area contributed by atoms with E-state index < -0.39 is 8.32 Å². The Hall–Kier alpha value is -2.19. The first-order chi connectivity index (χ1) is 15.3. The molecule has 1 N–H and O–H groups in total. The van der Waals surface area contributed by atoms with E-state index in [1.54, 1.807) is 13.2 Å². The van der Waals surface area contributed by atoms with Crippen LogP contribution in [-0.4, -0.2) is 38.0 Å². The highest BCUT2D eigenvalue weighted by atomic mass is 28.4. The lowest BCUT2D eigenvalue weighted by Gasteiger charge is -2.36. The van der Waals surface area contributed by atoms with Crippen molar-refractivity contribution in [3.05, 3.63) is 35.4 Å². The van der Waals surface area contributed by atoms with E-state index in [0.717, 1.165) is 35.7 Å². The van der Waals surface area contributed by atoms with Gasteiger partial charge >= 0.3 is 0 Å². The second-order valence-electron chi connectivity index (χ2n) is 11.4. The molecule has 6 nitrogen and oxygen atoms in total. The van der Waals surface area contributed by atoms with Crippen LogP contribution in [0.3, 0.4) is 0 Å². The molecule has 1 fully saturated rings. The fraction of sp³-hybridized carbons (Fsp3) is 0.600. The Bertz CT molecular complexity index is 1050. The quantitative estimate of drug-likeness (QED) is 0.488. The average Bonchev–Trinajstić information content (AvgIpc) is 3.48. The number of rotatable bonds is 7. The van der Waals surface area contributed by atoms with Gasteiger partial charge in [0, 0.05) is 29.6 Å². The maximum Gasteiger partial charge on any atom is 0.192 e. The zero-order valence-corrected chi connectivity index (χ0v) is 22.2. The van der Waals surface area contributed by atoms with Crippen molar-refractivity contribution in [2.45, 2.75) is 83.7 Å². The van der Waals surface area contributed by atoms with E-state index in [1.165, 1.54) is 12.1 Å². The van der Waals surface area contributed by atoms with Gasteiger partial charge in [-0.25, -0.2) is 14.4 Å². The summed E-state index contributed by atoms with van der Waals surface area (Å²) >= 11 is 0. The van der Waals surface area contributed by atoms with Gasteiger partial charge in [0.2, 0.25) is 0 Å². The third-order valence-electron chi connectivity index (χ3n) is 7.14. The molecule has 0 amide bonds. The minimum atomic E-state index is -1.96. The number of methoxy groups -OCH3 is 1. The van der Waals surface area contributed by atoms with Crippen LogP contribution in [0.1, 0.15) is 58.8 Å². The number of fused-ring (bicyclic) bond motifs is 1. The summed E-state index contributed by atoms with van der Waals surface area (Å²) < 4.78 is 25.9. The van der Waals surface area contributed by atoms with Gasteiger partial charge in [0.05, 0.1) is 19.4 Å². The number of hydrogen-bond donors (Lipinski definition) is 1. The Morgan fingerprint density at radius 1 is 1.21 bits per heavy atom. The smallest absolute Gasteiger partial charge is 0.192 e. The topological polar surface area (TPSA) is 59.5 Å². The number of halogens is 1. The first kappa shape index (κ1) is 23.9. The van der Waals surface area contributed by atoms with Crippen molar-refractivity contribution in [2.24, 2.45) is 0 Å². The molecular weight excluding hydrogens is 435 g/mol. The van der Waals surface area contributed by atoms with Crippen molar-refractivity contribution in [1.29, 1.82) is 0 Å². The summed E-state index contributed by atoms with van der Waals surface area (Å²) in [6, 6.07) is 5.12. The number of nitrogens with zero attached hydrogens (tertiary/aromatic N) is 3. The van der Waals surface area contributed by atoms with Gasteiger partial charge in [-0.15, -0.1) is 0 Å². The van der Waals surface area contributed by atoms with Crippen LogP contribution in [0.15, 0.2) is 18.2 Å². The number of anilines is 3. The molecule has 8 heteroatoms. The molecule has 0 spiro atoms. The number of benzene rings is 1. The van der Waals surface area contributed by atoms with Crippen molar-refractivity contribution < 1.29 is 13.6 Å². The summed E-state index contributed by atoms with van der Waals surface area (Å²) in [6.07, 6.45) is 2.31. The normalized spacial score (nSPS) is 17.8. The minimum Gasteiger partial charge on any atom is -0.494 e. The van der Waals surface area contributed by atoms with Crippen molar-refractivity contribution >= 4 is 25.6 Å². The summed E-state index contributed by atoms with van der Waals surface area (Å²) in [6.45, 7) is 16.6. The van der Waals surface area contributed by atoms with Crippen molar-refractivity contribution in [2.75, 3.05) is 23.9 Å². The van der Waals surface area contributed by atoms with Gasteiger partial charge in [-0.3, -0.25) is 0 Å². The lowest BCUT2D eigenvalue weighted by atomic mass is 9.88. The molecule has 4 rings (SSSR count). The van der Waals surface area contributed by atoms with Gasteiger partial charge in [0.15, 0.2) is 14.1 Å². The molecule has 0 unspecified atom stereocenters. The standard InChI is InChI=1S/C25H37FN4O2Si/c1-24(2,3)33(7,8)32-14-20-28-22(27-17-10-11-17)21-23(29-20)30(15-25(21,4)5)18-12-9-16(26)13-19(18)31-6/h9,12-13,17H,10-11,14-15H2,1-8H3,(H,27,28,29). The highest BCUT2D eigenvalue weighted by Crippen LogP contribution is 2.49. The van der Waals surface area contributed by atoms with Crippen LogP contribution in [0.25, 0.3) is 0 Å². The van der Waals surface area contributed by atoms with Crippen LogP contribution < -0.4 is 15.0 Å². The van der Waals surface area contributed by atoms with Crippen molar-refractivity contribution in [3.63, 3.8) is 0 Å². The van der Waals surface area contributed by atoms with E-state index >= 15 is 0 Å². The third-order valence-corrected chi connectivity index (χ3v) is 11.6. The van der Waals surface area contributed by atoms with Crippen LogP contribution in [0.2, 0.25) is 18.1 Å². The third kappa shape index (κ3) is 4.73. The second-order valence-corrected chi connectivity index (χ2v) is 16.3. The summed E-state index contributed by atoms with van der Waals surface area (Å²) in [7, 11) is -0.388. The molecule has 33 heavy (non-hydrogen) atoms. The van der Waals surface area contributed by atoms with Crippen molar-refractivity contribution in [3.8, 4) is 5.75 Å².